The number of amides is 4. The number of carbonyl (C=O) groups excluding carboxylic acids is 4. The van der Waals surface area contributed by atoms with E-state index in [9.17, 15) is 29.5 Å². The van der Waals surface area contributed by atoms with Gasteiger partial charge in [-0.3, -0.25) is 20.2 Å². The predicted molar refractivity (Wildman–Crippen MR) is 105 cm³/mol. The Hall–Kier alpha value is -3.73. The maximum absolute atomic E-state index is 13.1. The van der Waals surface area contributed by atoms with Gasteiger partial charge in [0.05, 0.1) is 19.3 Å². The van der Waals surface area contributed by atoms with Gasteiger partial charge in [-0.1, -0.05) is 12.1 Å². The number of aromatic nitrogens is 2. The minimum atomic E-state index is -1.44. The van der Waals surface area contributed by atoms with Crippen LogP contribution in [-0.4, -0.2) is 47.2 Å². The molecule has 1 aromatic heterocycles. The van der Waals surface area contributed by atoms with E-state index >= 15 is 0 Å². The largest absolute Gasteiger partial charge is 0.711 e. The van der Waals surface area contributed by atoms with Gasteiger partial charge in [0, 0.05) is 13.8 Å². The van der Waals surface area contributed by atoms with E-state index in [-0.39, 0.29) is 24.5 Å². The molecule has 1 aliphatic heterocycles. The normalized spacial score (nSPS) is 15.4. The molecular weight excluding hydrogens is 408 g/mol. The molecule has 1 aliphatic rings. The maximum atomic E-state index is 13.1. The highest BCUT2D eigenvalue weighted by Gasteiger charge is 2.47. The summed E-state index contributed by atoms with van der Waals surface area (Å²) < 4.78 is 6.83. The lowest BCUT2D eigenvalue weighted by Crippen LogP contribution is -2.58. The van der Waals surface area contributed by atoms with E-state index < -0.39 is 35.7 Å². The Morgan fingerprint density at radius 2 is 1.77 bits per heavy atom. The minimum Gasteiger partial charge on any atom is -0.711 e. The zero-order valence-corrected chi connectivity index (χ0v) is 17.2. The summed E-state index contributed by atoms with van der Waals surface area (Å²) in [6.07, 6.45) is 0. The number of urea groups is 1. The molecule has 0 aliphatic carbocycles. The summed E-state index contributed by atoms with van der Waals surface area (Å²) in [5.41, 5.74) is 1.53. The number of methoxy groups -OCH3 is 1. The molecule has 31 heavy (non-hydrogen) atoms. The molecule has 3 N–H and O–H groups in total. The van der Waals surface area contributed by atoms with Crippen LogP contribution in [0.25, 0.3) is 0 Å². The topological polar surface area (TPSA) is 154 Å². The monoisotopic (exact) mass is 430 g/mol. The second kappa shape index (κ2) is 8.56. The Kier molecular flexibility index (Phi) is 6.07. The van der Waals surface area contributed by atoms with Crippen molar-refractivity contribution in [2.45, 2.75) is 26.3 Å². The fourth-order valence-electron chi connectivity index (χ4n) is 3.74. The van der Waals surface area contributed by atoms with Gasteiger partial charge in [0.25, 0.3) is 5.82 Å². The van der Waals surface area contributed by atoms with Crippen LogP contribution >= 0.6 is 0 Å². The van der Waals surface area contributed by atoms with Crippen molar-refractivity contribution in [3.63, 3.8) is 0 Å². The van der Waals surface area contributed by atoms with Gasteiger partial charge in [-0.05, 0) is 17.7 Å². The highest BCUT2D eigenvalue weighted by Crippen LogP contribution is 2.33. The highest BCUT2D eigenvalue weighted by molar-refractivity contribution is 6.16. The number of aliphatic hydroxyl groups is 1. The molecule has 164 valence electrons. The fraction of sp³-hybridized carbons (Fsp3) is 0.350. The molecule has 11 nitrogen and oxygen atoms in total. The molecule has 0 radical (unpaired) electrons. The van der Waals surface area contributed by atoms with Crippen LogP contribution in [0.2, 0.25) is 0 Å². The Bertz CT molecular complexity index is 1040. The van der Waals surface area contributed by atoms with E-state index in [2.05, 4.69) is 15.4 Å². The van der Waals surface area contributed by atoms with E-state index in [1.807, 2.05) is 0 Å². The van der Waals surface area contributed by atoms with Crippen molar-refractivity contribution < 1.29 is 33.8 Å². The molecule has 1 aromatic carbocycles. The number of aliphatic hydroxyl groups excluding tert-OH is 1. The van der Waals surface area contributed by atoms with Crippen molar-refractivity contribution in [3.8, 4) is 0 Å². The van der Waals surface area contributed by atoms with Gasteiger partial charge in [0.2, 0.25) is 11.8 Å². The maximum Gasteiger partial charge on any atom is 0.337 e. The lowest BCUT2D eigenvalue weighted by atomic mass is 9.82. The molecule has 3 rings (SSSR count). The van der Waals surface area contributed by atoms with Gasteiger partial charge >= 0.3 is 12.0 Å². The number of imidazole rings is 1. The third-order valence-electron chi connectivity index (χ3n) is 5.38. The third kappa shape index (κ3) is 3.87. The molecule has 0 bridgehead atoms. The first kappa shape index (κ1) is 22.0. The SMILES string of the molecule is COC(=O)c1ccc([C@H](c2n(CCO)c(C)c(C)[n+]2[O-])C2C(=O)NC(=O)NC2=O)cc1. The van der Waals surface area contributed by atoms with Crippen molar-refractivity contribution in [3.05, 3.63) is 57.8 Å². The highest BCUT2D eigenvalue weighted by atomic mass is 16.5. The predicted octanol–water partition coefficient (Wildman–Crippen LogP) is -0.369. The van der Waals surface area contributed by atoms with Crippen LogP contribution < -0.4 is 15.4 Å². The number of hydrogen-bond donors (Lipinski definition) is 3. The van der Waals surface area contributed by atoms with E-state index in [1.165, 1.54) is 35.9 Å². The third-order valence-corrected chi connectivity index (χ3v) is 5.38. The van der Waals surface area contributed by atoms with Crippen LogP contribution in [0.5, 0.6) is 0 Å². The zero-order chi connectivity index (χ0) is 22.9. The first-order valence-corrected chi connectivity index (χ1v) is 9.45. The molecule has 0 saturated carbocycles. The van der Waals surface area contributed by atoms with Gasteiger partial charge in [-0.25, -0.2) is 18.9 Å². The Morgan fingerprint density at radius 1 is 1.19 bits per heavy atom. The van der Waals surface area contributed by atoms with Crippen LogP contribution in [-0.2, 0) is 20.9 Å². The number of rotatable bonds is 6. The Balaban J connectivity index is 2.23. The number of barbiturate groups is 1. The molecule has 2 aromatic rings. The lowest BCUT2D eigenvalue weighted by Gasteiger charge is -2.27. The summed E-state index contributed by atoms with van der Waals surface area (Å²) in [5, 5.41) is 26.7. The summed E-state index contributed by atoms with van der Waals surface area (Å²) in [6, 6.07) is 4.97. The number of nitrogens with zero attached hydrogens (tertiary/aromatic N) is 2. The molecule has 4 amide bonds. The average Bonchev–Trinajstić information content (AvgIpc) is 2.94. The molecule has 2 heterocycles. The lowest BCUT2D eigenvalue weighted by molar-refractivity contribution is -0.621. The van der Waals surface area contributed by atoms with Gasteiger partial charge in [-0.2, -0.15) is 0 Å². The quantitative estimate of drug-likeness (QED) is 0.245. The van der Waals surface area contributed by atoms with Crippen molar-refractivity contribution in [2.75, 3.05) is 13.7 Å². The first-order chi connectivity index (χ1) is 14.7. The van der Waals surface area contributed by atoms with Crippen molar-refractivity contribution in [1.29, 1.82) is 0 Å². The van der Waals surface area contributed by atoms with E-state index in [4.69, 9.17) is 0 Å². The van der Waals surface area contributed by atoms with Crippen LogP contribution in [0, 0.1) is 25.0 Å². The Labute approximate surface area is 177 Å². The number of imide groups is 2. The molecule has 0 spiro atoms. The summed E-state index contributed by atoms with van der Waals surface area (Å²) in [4.78, 5) is 48.6. The Morgan fingerprint density at radius 3 is 2.29 bits per heavy atom. The molecule has 1 atom stereocenters. The number of carbonyl (C=O) groups is 4. The fourth-order valence-corrected chi connectivity index (χ4v) is 3.74. The van der Waals surface area contributed by atoms with Gasteiger partial charge in [0.1, 0.15) is 29.8 Å². The van der Waals surface area contributed by atoms with Gasteiger partial charge in [0.15, 0.2) is 0 Å². The van der Waals surface area contributed by atoms with E-state index in [1.54, 1.807) is 13.8 Å². The summed E-state index contributed by atoms with van der Waals surface area (Å²) in [6.45, 7) is 3.05. The molecule has 1 fully saturated rings. The minimum absolute atomic E-state index is 0.0551. The smallest absolute Gasteiger partial charge is 0.337 e. The summed E-state index contributed by atoms with van der Waals surface area (Å²) in [5.74, 6) is -4.77. The molecule has 1 saturated heterocycles. The van der Waals surface area contributed by atoms with Crippen LogP contribution in [0.15, 0.2) is 24.3 Å². The second-order valence-corrected chi connectivity index (χ2v) is 7.08. The van der Waals surface area contributed by atoms with Crippen LogP contribution in [0.1, 0.15) is 39.1 Å². The molecule has 11 heteroatoms. The van der Waals surface area contributed by atoms with Crippen molar-refractivity contribution in [1.82, 2.24) is 15.2 Å². The number of ether oxygens (including phenoxy) is 1. The van der Waals surface area contributed by atoms with Crippen LogP contribution in [0.4, 0.5) is 4.79 Å². The van der Waals surface area contributed by atoms with Crippen molar-refractivity contribution in [2.24, 2.45) is 5.92 Å². The summed E-state index contributed by atoms with van der Waals surface area (Å²) in [7, 11) is 1.24. The van der Waals surface area contributed by atoms with Gasteiger partial charge < -0.3 is 15.1 Å². The molecule has 0 unspecified atom stereocenters. The number of benzene rings is 1. The zero-order valence-electron chi connectivity index (χ0n) is 17.2. The van der Waals surface area contributed by atoms with E-state index in [0.717, 1.165) is 0 Å². The van der Waals surface area contributed by atoms with Gasteiger partial charge in [-0.15, -0.1) is 0 Å². The summed E-state index contributed by atoms with van der Waals surface area (Å²) >= 11 is 0. The van der Waals surface area contributed by atoms with Crippen LogP contribution in [0.3, 0.4) is 0 Å². The second-order valence-electron chi connectivity index (χ2n) is 7.08. The van der Waals surface area contributed by atoms with E-state index in [0.29, 0.717) is 21.7 Å². The average molecular weight is 430 g/mol. The number of esters is 1. The number of nitrogens with one attached hydrogen (secondary N) is 2. The number of hydrogen-bond acceptors (Lipinski definition) is 7. The van der Waals surface area contributed by atoms with Crippen molar-refractivity contribution >= 4 is 23.8 Å². The molecular formula is C20H22N4O7. The standard InChI is InChI=1S/C20H22N4O7/c1-10-11(2)24(30)18(23(10)8-9-25)14(15-16(26)21-20(29)22-17(15)27)12-4-6-13(7-5-12)19(28)31-3/h4-7,14-15,25H,8-9H2,1-3H3,(H2,21,22,26,27,29)/t14-/m0/s1. The first-order valence-electron chi connectivity index (χ1n) is 9.45.